The zero-order chi connectivity index (χ0) is 16.0. The normalized spacial score (nSPS) is 11.4. The van der Waals surface area contributed by atoms with Crippen LogP contribution in [-0.4, -0.2) is 19.1 Å². The molecule has 116 valence electrons. The van der Waals surface area contributed by atoms with Gasteiger partial charge in [-0.05, 0) is 31.5 Å². The maximum absolute atomic E-state index is 8.57. The number of furan rings is 1. The minimum atomic E-state index is 0.406. The Morgan fingerprint density at radius 2 is 2.17 bits per heavy atom. The third-order valence-electron chi connectivity index (χ3n) is 4.09. The Hall–Kier alpha value is -2.67. The summed E-state index contributed by atoms with van der Waals surface area (Å²) in [5.41, 5.74) is 3.36. The van der Waals surface area contributed by atoms with E-state index >= 15 is 0 Å². The largest absolute Gasteiger partial charge is 0.467 e. The molecule has 0 aliphatic heterocycles. The summed E-state index contributed by atoms with van der Waals surface area (Å²) in [7, 11) is 0. The number of nitrogens with one attached hydrogen (secondary N) is 1. The molecule has 0 radical (unpaired) electrons. The topological polar surface area (TPSA) is 72.6 Å². The van der Waals surface area contributed by atoms with Gasteiger partial charge in [0.1, 0.15) is 23.2 Å². The molecule has 0 aliphatic rings. The number of rotatable bonds is 3. The van der Waals surface area contributed by atoms with Crippen molar-refractivity contribution in [2.24, 2.45) is 0 Å². The van der Waals surface area contributed by atoms with Crippen molar-refractivity contribution in [3.05, 3.63) is 58.8 Å². The minimum Gasteiger partial charge on any atom is -0.467 e. The first-order valence-electron chi connectivity index (χ1n) is 7.20. The lowest BCUT2D eigenvalue weighted by Gasteiger charge is -2.06. The summed E-state index contributed by atoms with van der Waals surface area (Å²) in [5.74, 6) is 0.870. The molecule has 6 nitrogen and oxygen atoms in total. The van der Waals surface area contributed by atoms with E-state index in [1.165, 1.54) is 11.3 Å². The highest BCUT2D eigenvalue weighted by Crippen LogP contribution is 2.22. The van der Waals surface area contributed by atoms with E-state index in [4.69, 9.17) is 9.83 Å². The Morgan fingerprint density at radius 3 is 2.87 bits per heavy atom. The van der Waals surface area contributed by atoms with Gasteiger partial charge in [0.15, 0.2) is 5.13 Å². The first-order valence-corrected chi connectivity index (χ1v) is 8.08. The van der Waals surface area contributed by atoms with Gasteiger partial charge in [-0.25, -0.2) is 9.97 Å². The highest BCUT2D eigenvalue weighted by molar-refractivity contribution is 7.12. The molecule has 4 rings (SSSR count). The molecule has 1 N–H and O–H groups in total. The molecule has 0 amide bonds. The van der Waals surface area contributed by atoms with Gasteiger partial charge in [0, 0.05) is 17.3 Å². The molecule has 4 heterocycles. The molecular formula is C16H15N5OS. The Kier molecular flexibility index (Phi) is 3.16. The van der Waals surface area contributed by atoms with Crippen molar-refractivity contribution in [2.45, 2.75) is 20.4 Å². The molecule has 7 heteroatoms. The van der Waals surface area contributed by atoms with Crippen molar-refractivity contribution in [3.63, 3.8) is 0 Å². The average Bonchev–Trinajstić information content (AvgIpc) is 3.27. The molecule has 0 spiro atoms. The molecule has 23 heavy (non-hydrogen) atoms. The average molecular weight is 325 g/mol. The second kappa shape index (κ2) is 5.20. The Morgan fingerprint density at radius 1 is 1.30 bits per heavy atom. The van der Waals surface area contributed by atoms with Crippen molar-refractivity contribution >= 4 is 22.4 Å². The van der Waals surface area contributed by atoms with E-state index in [1.807, 2.05) is 31.4 Å². The van der Waals surface area contributed by atoms with Crippen LogP contribution < -0.4 is 5.49 Å². The van der Waals surface area contributed by atoms with Crippen molar-refractivity contribution in [2.75, 3.05) is 0 Å². The zero-order valence-corrected chi connectivity index (χ0v) is 13.6. The van der Waals surface area contributed by atoms with Gasteiger partial charge in [-0.3, -0.25) is 9.98 Å². The van der Waals surface area contributed by atoms with Crippen LogP contribution in [-0.2, 0) is 6.54 Å². The highest BCUT2D eigenvalue weighted by atomic mass is 32.1. The van der Waals surface area contributed by atoms with Crippen molar-refractivity contribution < 1.29 is 4.42 Å². The third kappa shape index (κ3) is 2.12. The summed E-state index contributed by atoms with van der Waals surface area (Å²) in [6.45, 7) is 4.69. The molecule has 0 aromatic carbocycles. The fourth-order valence-corrected chi connectivity index (χ4v) is 3.40. The van der Waals surface area contributed by atoms with E-state index in [2.05, 4.69) is 14.5 Å². The number of aromatic nitrogens is 4. The molecule has 0 bridgehead atoms. The fourth-order valence-electron chi connectivity index (χ4n) is 2.78. The van der Waals surface area contributed by atoms with Crippen LogP contribution >= 0.6 is 11.3 Å². The molecule has 0 saturated heterocycles. The SMILES string of the molecule is Cc1c(C)n(Cc2ccco2)c2ncn(-c3nccs3)c(=N)c12. The first kappa shape index (κ1) is 14.0. The van der Waals surface area contributed by atoms with Gasteiger partial charge in [0.05, 0.1) is 18.2 Å². The number of nitrogens with zero attached hydrogens (tertiary/aromatic N) is 4. The van der Waals surface area contributed by atoms with E-state index in [-0.39, 0.29) is 0 Å². The van der Waals surface area contributed by atoms with E-state index in [0.29, 0.717) is 12.0 Å². The van der Waals surface area contributed by atoms with Crippen LogP contribution in [0.2, 0.25) is 0 Å². The van der Waals surface area contributed by atoms with Gasteiger partial charge in [-0.2, -0.15) is 0 Å². The van der Waals surface area contributed by atoms with Gasteiger partial charge in [-0.15, -0.1) is 11.3 Å². The number of hydrogen-bond acceptors (Lipinski definition) is 5. The van der Waals surface area contributed by atoms with Gasteiger partial charge in [-0.1, -0.05) is 0 Å². The molecule has 0 fully saturated rings. The lowest BCUT2D eigenvalue weighted by Crippen LogP contribution is -2.19. The number of aryl methyl sites for hydroxylation is 1. The highest BCUT2D eigenvalue weighted by Gasteiger charge is 2.16. The van der Waals surface area contributed by atoms with Gasteiger partial charge in [0.2, 0.25) is 0 Å². The Balaban J connectivity index is 1.95. The zero-order valence-electron chi connectivity index (χ0n) is 12.8. The summed E-state index contributed by atoms with van der Waals surface area (Å²) in [6, 6.07) is 3.82. The van der Waals surface area contributed by atoms with Crippen LogP contribution in [0.25, 0.3) is 16.2 Å². The monoisotopic (exact) mass is 325 g/mol. The van der Waals surface area contributed by atoms with Gasteiger partial charge in [0.25, 0.3) is 0 Å². The van der Waals surface area contributed by atoms with Crippen molar-refractivity contribution in [1.29, 1.82) is 5.41 Å². The Labute approximate surface area is 136 Å². The Bertz CT molecular complexity index is 1020. The van der Waals surface area contributed by atoms with Gasteiger partial charge < -0.3 is 8.98 Å². The standard InChI is InChI=1S/C16H15N5OS/c1-10-11(2)20(8-12-4-3-6-22-12)15-13(10)14(17)21(9-19-15)16-18-5-7-23-16/h3-7,9,17H,8H2,1-2H3. The molecule has 4 aromatic heterocycles. The number of fused-ring (bicyclic) bond motifs is 1. The third-order valence-corrected chi connectivity index (χ3v) is 4.87. The van der Waals surface area contributed by atoms with Gasteiger partial charge >= 0.3 is 0 Å². The number of hydrogen-bond donors (Lipinski definition) is 1. The van der Waals surface area contributed by atoms with E-state index in [0.717, 1.165) is 33.2 Å². The van der Waals surface area contributed by atoms with Crippen LogP contribution in [0.15, 0.2) is 40.7 Å². The second-order valence-electron chi connectivity index (χ2n) is 5.35. The molecule has 0 aliphatic carbocycles. The summed E-state index contributed by atoms with van der Waals surface area (Å²) in [5, 5.41) is 12.1. The van der Waals surface area contributed by atoms with E-state index in [1.54, 1.807) is 23.4 Å². The lowest BCUT2D eigenvalue weighted by molar-refractivity contribution is 0.494. The van der Waals surface area contributed by atoms with E-state index < -0.39 is 0 Å². The number of thiazole rings is 1. The van der Waals surface area contributed by atoms with Crippen LogP contribution in [0, 0.1) is 19.3 Å². The second-order valence-corrected chi connectivity index (χ2v) is 6.23. The summed E-state index contributed by atoms with van der Waals surface area (Å²) < 4.78 is 9.26. The predicted molar refractivity (Wildman–Crippen MR) is 87.9 cm³/mol. The minimum absolute atomic E-state index is 0.406. The smallest absolute Gasteiger partial charge is 0.196 e. The van der Waals surface area contributed by atoms with Crippen LogP contribution in [0.1, 0.15) is 17.0 Å². The summed E-state index contributed by atoms with van der Waals surface area (Å²) in [6.07, 6.45) is 5.07. The first-order chi connectivity index (χ1) is 11.2. The van der Waals surface area contributed by atoms with Crippen molar-refractivity contribution in [1.82, 2.24) is 19.1 Å². The fraction of sp³-hybridized carbons (Fsp3) is 0.188. The van der Waals surface area contributed by atoms with E-state index in [9.17, 15) is 0 Å². The molecule has 0 saturated carbocycles. The quantitative estimate of drug-likeness (QED) is 0.629. The summed E-state index contributed by atoms with van der Waals surface area (Å²) >= 11 is 1.49. The predicted octanol–water partition coefficient (Wildman–Crippen LogP) is 3.02. The molecule has 0 atom stereocenters. The molecular weight excluding hydrogens is 310 g/mol. The van der Waals surface area contributed by atoms with Crippen LogP contribution in [0.4, 0.5) is 0 Å². The maximum Gasteiger partial charge on any atom is 0.196 e. The maximum atomic E-state index is 8.57. The molecule has 0 unspecified atom stereocenters. The van der Waals surface area contributed by atoms with Crippen LogP contribution in [0.3, 0.4) is 0 Å². The summed E-state index contributed by atoms with van der Waals surface area (Å²) in [4.78, 5) is 8.86. The molecule has 4 aromatic rings. The lowest BCUT2D eigenvalue weighted by atomic mass is 10.2. The van der Waals surface area contributed by atoms with Crippen LogP contribution in [0.5, 0.6) is 0 Å². The van der Waals surface area contributed by atoms with Crippen molar-refractivity contribution in [3.8, 4) is 5.13 Å².